The first kappa shape index (κ1) is 15.3. The van der Waals surface area contributed by atoms with Crippen molar-refractivity contribution in [2.75, 3.05) is 18.0 Å². The SMILES string of the molecule is O=C/C=C1\C=C(C(F)(F)F)c2cc3c4c(c2O1)CCCN4CCC3. The summed E-state index contributed by atoms with van der Waals surface area (Å²) < 4.78 is 46.3. The Bertz CT molecular complexity index is 775. The molecule has 3 heterocycles. The van der Waals surface area contributed by atoms with E-state index in [4.69, 9.17) is 4.74 Å². The Morgan fingerprint density at radius 2 is 1.92 bits per heavy atom. The predicted octanol–water partition coefficient (Wildman–Crippen LogP) is 3.81. The molecule has 126 valence electrons. The summed E-state index contributed by atoms with van der Waals surface area (Å²) in [5, 5.41) is 0. The molecule has 3 aliphatic heterocycles. The molecule has 24 heavy (non-hydrogen) atoms. The highest BCUT2D eigenvalue weighted by atomic mass is 19.4. The molecule has 6 heteroatoms. The zero-order valence-corrected chi connectivity index (χ0v) is 12.9. The molecule has 0 fully saturated rings. The third kappa shape index (κ3) is 2.32. The number of halogens is 3. The number of allylic oxidation sites excluding steroid dienone is 3. The minimum Gasteiger partial charge on any atom is -0.456 e. The largest absolute Gasteiger partial charge is 0.456 e. The quantitative estimate of drug-likeness (QED) is 0.577. The Morgan fingerprint density at radius 1 is 1.17 bits per heavy atom. The first-order valence-electron chi connectivity index (χ1n) is 8.05. The summed E-state index contributed by atoms with van der Waals surface area (Å²) in [7, 11) is 0. The fraction of sp³-hybridized carbons (Fsp3) is 0.389. The molecule has 3 nitrogen and oxygen atoms in total. The van der Waals surface area contributed by atoms with Gasteiger partial charge in [0.25, 0.3) is 0 Å². The van der Waals surface area contributed by atoms with E-state index in [-0.39, 0.29) is 17.1 Å². The number of carbonyl (C=O) groups is 1. The van der Waals surface area contributed by atoms with Gasteiger partial charge >= 0.3 is 6.18 Å². The van der Waals surface area contributed by atoms with Crippen molar-refractivity contribution in [3.8, 4) is 5.75 Å². The van der Waals surface area contributed by atoms with E-state index in [2.05, 4.69) is 4.90 Å². The van der Waals surface area contributed by atoms with Crippen LogP contribution in [0.5, 0.6) is 5.75 Å². The maximum atomic E-state index is 13.5. The topological polar surface area (TPSA) is 29.5 Å². The summed E-state index contributed by atoms with van der Waals surface area (Å²) in [5.74, 6) is 0.206. The lowest BCUT2D eigenvalue weighted by Crippen LogP contribution is -2.35. The van der Waals surface area contributed by atoms with Gasteiger partial charge in [-0.15, -0.1) is 0 Å². The van der Waals surface area contributed by atoms with E-state index < -0.39 is 11.7 Å². The standard InChI is InChI=1S/C18H16F3NO2/c19-18(20,21)15-10-12(5-8-23)24-17-13-4-2-7-22-6-1-3-11(16(13)22)9-14(15)17/h5,8-10H,1-4,6-7H2/b12-5+. The molecule has 0 saturated heterocycles. The number of anilines is 1. The Morgan fingerprint density at radius 3 is 2.62 bits per heavy atom. The fourth-order valence-corrected chi connectivity index (χ4v) is 3.90. The van der Waals surface area contributed by atoms with Crippen molar-refractivity contribution < 1.29 is 22.7 Å². The molecule has 0 N–H and O–H groups in total. The van der Waals surface area contributed by atoms with Gasteiger partial charge in [-0.2, -0.15) is 13.2 Å². The molecule has 0 amide bonds. The first-order chi connectivity index (χ1) is 11.5. The smallest absolute Gasteiger partial charge is 0.417 e. The number of fused-ring (bicyclic) bond motifs is 2. The number of aldehydes is 1. The van der Waals surface area contributed by atoms with Crippen molar-refractivity contribution >= 4 is 17.5 Å². The van der Waals surface area contributed by atoms with E-state index in [0.29, 0.717) is 12.7 Å². The van der Waals surface area contributed by atoms with E-state index in [1.165, 1.54) is 0 Å². The fourth-order valence-electron chi connectivity index (χ4n) is 3.90. The molecule has 4 rings (SSSR count). The lowest BCUT2D eigenvalue weighted by atomic mass is 9.86. The normalized spacial score (nSPS) is 20.9. The molecule has 1 aromatic carbocycles. The maximum absolute atomic E-state index is 13.5. The summed E-state index contributed by atoms with van der Waals surface area (Å²) in [4.78, 5) is 13.0. The van der Waals surface area contributed by atoms with Gasteiger partial charge in [-0.25, -0.2) is 0 Å². The van der Waals surface area contributed by atoms with Crippen LogP contribution in [0.3, 0.4) is 0 Å². The summed E-state index contributed by atoms with van der Waals surface area (Å²) in [6, 6.07) is 1.63. The van der Waals surface area contributed by atoms with Crippen LogP contribution < -0.4 is 9.64 Å². The van der Waals surface area contributed by atoms with Gasteiger partial charge in [0.05, 0.1) is 5.57 Å². The summed E-state index contributed by atoms with van der Waals surface area (Å²) in [6.07, 6.45) is 1.22. The van der Waals surface area contributed by atoms with E-state index in [9.17, 15) is 18.0 Å². The van der Waals surface area contributed by atoms with Crippen molar-refractivity contribution in [3.63, 3.8) is 0 Å². The number of hydrogen-bond donors (Lipinski definition) is 0. The summed E-state index contributed by atoms with van der Waals surface area (Å²) in [5.41, 5.74) is 2.22. The van der Waals surface area contributed by atoms with E-state index >= 15 is 0 Å². The van der Waals surface area contributed by atoms with Crippen LogP contribution in [0.25, 0.3) is 5.57 Å². The van der Waals surface area contributed by atoms with Crippen LogP contribution in [0, 0.1) is 0 Å². The monoisotopic (exact) mass is 335 g/mol. The van der Waals surface area contributed by atoms with Gasteiger partial charge in [0, 0.05) is 36.0 Å². The van der Waals surface area contributed by atoms with Gasteiger partial charge in [0.1, 0.15) is 17.8 Å². The van der Waals surface area contributed by atoms with Gasteiger partial charge in [0.2, 0.25) is 0 Å². The van der Waals surface area contributed by atoms with Crippen LogP contribution in [0.15, 0.2) is 24.0 Å². The molecule has 0 atom stereocenters. The van der Waals surface area contributed by atoms with E-state index in [1.54, 1.807) is 6.07 Å². The molecule has 0 saturated carbocycles. The van der Waals surface area contributed by atoms with Gasteiger partial charge in [-0.1, -0.05) is 0 Å². The first-order valence-corrected chi connectivity index (χ1v) is 8.05. The number of rotatable bonds is 1. The van der Waals surface area contributed by atoms with E-state index in [1.807, 2.05) is 0 Å². The van der Waals surface area contributed by atoms with Crippen molar-refractivity contribution in [1.29, 1.82) is 0 Å². The molecular weight excluding hydrogens is 319 g/mol. The summed E-state index contributed by atoms with van der Waals surface area (Å²) in [6.45, 7) is 1.86. The highest BCUT2D eigenvalue weighted by molar-refractivity contribution is 5.85. The van der Waals surface area contributed by atoms with Gasteiger partial charge in [0.15, 0.2) is 0 Å². The van der Waals surface area contributed by atoms with Gasteiger partial charge in [-0.05, 0) is 43.4 Å². The maximum Gasteiger partial charge on any atom is 0.417 e. The van der Waals surface area contributed by atoms with Crippen LogP contribution in [0.4, 0.5) is 18.9 Å². The average Bonchev–Trinajstić information content (AvgIpc) is 2.55. The molecular formula is C18H16F3NO2. The minimum atomic E-state index is -4.50. The van der Waals surface area contributed by atoms with Crippen molar-refractivity contribution in [1.82, 2.24) is 0 Å². The van der Waals surface area contributed by atoms with Crippen LogP contribution in [0.2, 0.25) is 0 Å². The third-order valence-corrected chi connectivity index (χ3v) is 4.81. The average molecular weight is 335 g/mol. The predicted molar refractivity (Wildman–Crippen MR) is 84.1 cm³/mol. The van der Waals surface area contributed by atoms with Crippen LogP contribution in [0.1, 0.15) is 29.5 Å². The lowest BCUT2D eigenvalue weighted by molar-refractivity contribution is -0.104. The van der Waals surface area contributed by atoms with Crippen LogP contribution in [-0.2, 0) is 17.6 Å². The number of carbonyl (C=O) groups excluding carboxylic acids is 1. The second-order valence-corrected chi connectivity index (χ2v) is 6.30. The Hall–Kier alpha value is -2.24. The molecule has 1 aromatic rings. The molecule has 3 aliphatic rings. The van der Waals surface area contributed by atoms with Crippen LogP contribution >= 0.6 is 0 Å². The third-order valence-electron chi connectivity index (χ3n) is 4.81. The highest BCUT2D eigenvalue weighted by Gasteiger charge is 2.41. The second-order valence-electron chi connectivity index (χ2n) is 6.30. The van der Waals surface area contributed by atoms with Crippen molar-refractivity contribution in [2.45, 2.75) is 31.9 Å². The molecule has 0 unspecified atom stereocenters. The molecule has 0 radical (unpaired) electrons. The number of nitrogens with zero attached hydrogens (tertiary/aromatic N) is 1. The zero-order valence-electron chi connectivity index (χ0n) is 12.9. The molecule has 0 aliphatic carbocycles. The number of benzene rings is 1. The Balaban J connectivity index is 1.98. The van der Waals surface area contributed by atoms with Gasteiger partial charge < -0.3 is 9.64 Å². The number of ether oxygens (including phenoxy) is 1. The zero-order chi connectivity index (χ0) is 16.9. The summed E-state index contributed by atoms with van der Waals surface area (Å²) >= 11 is 0. The number of hydrogen-bond acceptors (Lipinski definition) is 3. The second kappa shape index (κ2) is 5.40. The van der Waals surface area contributed by atoms with Gasteiger partial charge in [-0.3, -0.25) is 4.79 Å². The van der Waals surface area contributed by atoms with E-state index in [0.717, 1.165) is 61.3 Å². The van der Waals surface area contributed by atoms with Crippen LogP contribution in [-0.4, -0.2) is 25.6 Å². The van der Waals surface area contributed by atoms with Crippen molar-refractivity contribution in [2.24, 2.45) is 0 Å². The Kier molecular flexibility index (Phi) is 3.44. The number of aryl methyl sites for hydroxylation is 1. The minimum absolute atomic E-state index is 0.0612. The Labute approximate surface area is 137 Å². The highest BCUT2D eigenvalue weighted by Crippen LogP contribution is 2.50. The number of alkyl halides is 3. The molecule has 0 spiro atoms. The molecule has 0 bridgehead atoms. The van der Waals surface area contributed by atoms with Crippen molar-refractivity contribution in [3.05, 3.63) is 40.7 Å². The molecule has 0 aromatic heterocycles. The lowest BCUT2D eigenvalue weighted by Gasteiger charge is -2.39.